The van der Waals surface area contributed by atoms with Gasteiger partial charge in [-0.3, -0.25) is 4.79 Å². The largest absolute Gasteiger partial charge is 0.459 e. The molecule has 0 aliphatic heterocycles. The van der Waals surface area contributed by atoms with Crippen molar-refractivity contribution in [2.45, 2.75) is 18.2 Å². The van der Waals surface area contributed by atoms with Gasteiger partial charge in [0.2, 0.25) is 5.43 Å². The number of halogens is 2. The van der Waals surface area contributed by atoms with Crippen molar-refractivity contribution < 1.29 is 8.81 Å². The van der Waals surface area contributed by atoms with Crippen LogP contribution in [-0.2, 0) is 0 Å². The van der Waals surface area contributed by atoms with E-state index in [1.807, 2.05) is 13.0 Å². The van der Waals surface area contributed by atoms with Gasteiger partial charge in [-0.15, -0.1) is 0 Å². The Morgan fingerprint density at radius 2 is 1.82 bits per heavy atom. The second-order valence-electron chi connectivity index (χ2n) is 5.02. The third-order valence-corrected chi connectivity index (χ3v) is 4.67. The average Bonchev–Trinajstić information content (AvgIpc) is 2.55. The first-order valence-corrected chi connectivity index (χ1v) is 7.99. The maximum Gasteiger partial charge on any atom is 0.200 e. The van der Waals surface area contributed by atoms with Crippen LogP contribution in [0.25, 0.3) is 22.1 Å². The van der Waals surface area contributed by atoms with Crippen molar-refractivity contribution in [2.24, 2.45) is 0 Å². The van der Waals surface area contributed by atoms with Crippen LogP contribution in [0.2, 0.25) is 0 Å². The monoisotopic (exact) mass is 360 g/mol. The molecular weight excluding hydrogens is 347 g/mol. The molecule has 112 valence electrons. The first kappa shape index (κ1) is 15.0. The van der Waals surface area contributed by atoms with Crippen LogP contribution < -0.4 is 5.43 Å². The van der Waals surface area contributed by atoms with Crippen LogP contribution in [0, 0.1) is 5.82 Å². The van der Waals surface area contributed by atoms with Gasteiger partial charge in [-0.25, -0.2) is 4.39 Å². The van der Waals surface area contributed by atoms with Crippen LogP contribution in [0.5, 0.6) is 0 Å². The Hall–Kier alpha value is -1.94. The van der Waals surface area contributed by atoms with E-state index >= 15 is 0 Å². The van der Waals surface area contributed by atoms with E-state index < -0.39 is 5.82 Å². The van der Waals surface area contributed by atoms with E-state index in [0.29, 0.717) is 22.3 Å². The summed E-state index contributed by atoms with van der Waals surface area (Å²) in [5.74, 6) is 0.0402. The minimum absolute atomic E-state index is 0.153. The van der Waals surface area contributed by atoms with E-state index in [1.165, 1.54) is 6.07 Å². The number of rotatable bonds is 3. The highest BCUT2D eigenvalue weighted by Gasteiger charge is 2.22. The Bertz CT molecular complexity index is 886. The Balaban J connectivity index is 2.43. The lowest BCUT2D eigenvalue weighted by molar-refractivity contribution is 0.531. The van der Waals surface area contributed by atoms with Crippen molar-refractivity contribution in [2.75, 3.05) is 0 Å². The van der Waals surface area contributed by atoms with Crippen LogP contribution >= 0.6 is 15.9 Å². The van der Waals surface area contributed by atoms with Crippen molar-refractivity contribution >= 4 is 26.9 Å². The average molecular weight is 361 g/mol. The van der Waals surface area contributed by atoms with Gasteiger partial charge in [-0.05, 0) is 24.6 Å². The molecule has 1 aromatic heterocycles. The molecule has 1 atom stereocenters. The molecule has 0 spiro atoms. The van der Waals surface area contributed by atoms with Gasteiger partial charge < -0.3 is 4.42 Å². The molecule has 0 radical (unpaired) electrons. The topological polar surface area (TPSA) is 30.2 Å². The molecule has 0 bridgehead atoms. The summed E-state index contributed by atoms with van der Waals surface area (Å²) in [5, 5.41) is 0.459. The molecule has 0 N–H and O–H groups in total. The van der Waals surface area contributed by atoms with E-state index in [9.17, 15) is 9.18 Å². The lowest BCUT2D eigenvalue weighted by Crippen LogP contribution is -2.11. The van der Waals surface area contributed by atoms with Crippen molar-refractivity contribution in [1.29, 1.82) is 0 Å². The number of benzene rings is 2. The highest BCUT2D eigenvalue weighted by atomic mass is 79.9. The Morgan fingerprint density at radius 1 is 1.14 bits per heavy atom. The van der Waals surface area contributed by atoms with Crippen LogP contribution in [-0.4, -0.2) is 0 Å². The first-order chi connectivity index (χ1) is 10.6. The minimum Gasteiger partial charge on any atom is -0.459 e. The van der Waals surface area contributed by atoms with Gasteiger partial charge in [0.05, 0.1) is 15.8 Å². The van der Waals surface area contributed by atoms with Crippen LogP contribution in [0.3, 0.4) is 0 Å². The van der Waals surface area contributed by atoms with E-state index in [1.54, 1.807) is 36.4 Å². The molecule has 3 rings (SSSR count). The fourth-order valence-corrected chi connectivity index (χ4v) is 2.81. The fraction of sp³-hybridized carbons (Fsp3) is 0.167. The van der Waals surface area contributed by atoms with E-state index in [4.69, 9.17) is 4.42 Å². The van der Waals surface area contributed by atoms with E-state index in [0.717, 1.165) is 6.42 Å². The second kappa shape index (κ2) is 6.05. The Morgan fingerprint density at radius 3 is 2.55 bits per heavy atom. The first-order valence-electron chi connectivity index (χ1n) is 7.08. The third kappa shape index (κ3) is 2.48. The summed E-state index contributed by atoms with van der Waals surface area (Å²) in [6, 6.07) is 13.3. The van der Waals surface area contributed by atoms with Gasteiger partial charge in [0.25, 0.3) is 0 Å². The highest BCUT2D eigenvalue weighted by Crippen LogP contribution is 2.35. The number of para-hydroxylation sites is 1. The SMILES string of the molecule is CCC(Br)c1oc2ccccc2c(=O)c1-c1ccccc1F. The zero-order chi connectivity index (χ0) is 15.7. The van der Waals surface area contributed by atoms with Gasteiger partial charge in [0.1, 0.15) is 17.2 Å². The van der Waals surface area contributed by atoms with Crippen molar-refractivity contribution in [1.82, 2.24) is 0 Å². The third-order valence-electron chi connectivity index (χ3n) is 3.61. The molecule has 0 saturated carbocycles. The van der Waals surface area contributed by atoms with Crippen molar-refractivity contribution in [3.63, 3.8) is 0 Å². The quantitative estimate of drug-likeness (QED) is 0.581. The zero-order valence-electron chi connectivity index (χ0n) is 12.0. The smallest absolute Gasteiger partial charge is 0.200 e. The van der Waals surface area contributed by atoms with Crippen molar-refractivity contribution in [3.8, 4) is 11.1 Å². The van der Waals surface area contributed by atoms with Gasteiger partial charge in [-0.2, -0.15) is 0 Å². The maximum atomic E-state index is 14.2. The minimum atomic E-state index is -0.429. The highest BCUT2D eigenvalue weighted by molar-refractivity contribution is 9.09. The normalized spacial score (nSPS) is 12.5. The molecule has 0 aliphatic carbocycles. The van der Waals surface area contributed by atoms with Crippen LogP contribution in [0.1, 0.15) is 23.9 Å². The van der Waals surface area contributed by atoms with Crippen molar-refractivity contribution in [3.05, 3.63) is 70.3 Å². The number of hydrogen-bond acceptors (Lipinski definition) is 2. The lowest BCUT2D eigenvalue weighted by atomic mass is 9.99. The predicted octanol–water partition coefficient (Wildman–Crippen LogP) is 5.45. The van der Waals surface area contributed by atoms with Gasteiger partial charge in [0, 0.05) is 5.56 Å². The molecule has 4 heteroatoms. The standard InChI is InChI=1S/C18H14BrFO2/c1-2-13(19)18-16(11-7-3-5-9-14(11)20)17(21)12-8-4-6-10-15(12)22-18/h3-10,13H,2H2,1H3. The van der Waals surface area contributed by atoms with Gasteiger partial charge in [-0.1, -0.05) is 53.2 Å². The van der Waals surface area contributed by atoms with E-state index in [-0.39, 0.29) is 15.8 Å². The fourth-order valence-electron chi connectivity index (χ4n) is 2.48. The molecule has 0 saturated heterocycles. The van der Waals surface area contributed by atoms with Gasteiger partial charge in [0.15, 0.2) is 0 Å². The second-order valence-corrected chi connectivity index (χ2v) is 6.13. The molecule has 1 heterocycles. The lowest BCUT2D eigenvalue weighted by Gasteiger charge is -2.14. The molecule has 0 fully saturated rings. The molecule has 22 heavy (non-hydrogen) atoms. The Kier molecular flexibility index (Phi) is 4.12. The summed E-state index contributed by atoms with van der Waals surface area (Å²) >= 11 is 3.52. The molecule has 0 amide bonds. The number of alkyl halides is 1. The zero-order valence-corrected chi connectivity index (χ0v) is 13.6. The summed E-state index contributed by atoms with van der Waals surface area (Å²) in [6.45, 7) is 1.97. The predicted molar refractivity (Wildman–Crippen MR) is 89.8 cm³/mol. The summed E-state index contributed by atoms with van der Waals surface area (Å²) in [5.41, 5.74) is 0.871. The number of fused-ring (bicyclic) bond motifs is 1. The summed E-state index contributed by atoms with van der Waals surface area (Å²) < 4.78 is 20.1. The molecule has 2 aromatic carbocycles. The Labute approximate surface area is 135 Å². The van der Waals surface area contributed by atoms with E-state index in [2.05, 4.69) is 15.9 Å². The molecule has 1 unspecified atom stereocenters. The maximum absolute atomic E-state index is 14.2. The molecule has 2 nitrogen and oxygen atoms in total. The molecular formula is C18H14BrFO2. The summed E-state index contributed by atoms with van der Waals surface area (Å²) in [7, 11) is 0. The molecule has 3 aromatic rings. The number of hydrogen-bond donors (Lipinski definition) is 0. The molecule has 0 aliphatic rings. The summed E-state index contributed by atoms with van der Waals surface area (Å²) in [4.78, 5) is 12.7. The van der Waals surface area contributed by atoms with Crippen LogP contribution in [0.4, 0.5) is 4.39 Å². The van der Waals surface area contributed by atoms with Crippen LogP contribution in [0.15, 0.2) is 57.7 Å². The van der Waals surface area contributed by atoms with Gasteiger partial charge >= 0.3 is 0 Å². The summed E-state index contributed by atoms with van der Waals surface area (Å²) in [6.07, 6.45) is 0.725.